The molecule has 1 saturated heterocycles. The summed E-state index contributed by atoms with van der Waals surface area (Å²) in [6.07, 6.45) is 0.171. The summed E-state index contributed by atoms with van der Waals surface area (Å²) in [5.74, 6) is -0.932. The Morgan fingerprint density at radius 2 is 1.91 bits per heavy atom. The molecular formula is C25H29F2NO5. The first-order valence-corrected chi connectivity index (χ1v) is 11.2. The lowest BCUT2D eigenvalue weighted by Crippen LogP contribution is -2.50. The van der Waals surface area contributed by atoms with Gasteiger partial charge in [-0.15, -0.1) is 0 Å². The van der Waals surface area contributed by atoms with Crippen LogP contribution in [0.25, 0.3) is 11.1 Å². The number of nitrogens with one attached hydrogen (secondary N) is 1. The molecule has 8 heteroatoms. The van der Waals surface area contributed by atoms with Gasteiger partial charge in [-0.05, 0) is 47.2 Å². The van der Waals surface area contributed by atoms with Crippen LogP contribution in [-0.4, -0.2) is 43.0 Å². The molecule has 0 radical (unpaired) electrons. The molecule has 33 heavy (non-hydrogen) atoms. The number of hydrogen-bond donors (Lipinski definition) is 2. The van der Waals surface area contributed by atoms with Crippen LogP contribution in [0.2, 0.25) is 0 Å². The first kappa shape index (κ1) is 23.6. The van der Waals surface area contributed by atoms with Gasteiger partial charge in [0.2, 0.25) is 0 Å². The van der Waals surface area contributed by atoms with Crippen molar-refractivity contribution in [2.24, 2.45) is 0 Å². The Balaban J connectivity index is 1.73. The smallest absolute Gasteiger partial charge is 0.329 e. The number of carbonyl (C=O) groups is 1. The van der Waals surface area contributed by atoms with E-state index in [9.17, 15) is 18.7 Å². The lowest BCUT2D eigenvalue weighted by Gasteiger charge is -2.35. The van der Waals surface area contributed by atoms with E-state index in [4.69, 9.17) is 14.2 Å². The van der Waals surface area contributed by atoms with Crippen LogP contribution in [0.1, 0.15) is 48.8 Å². The molecule has 178 valence electrons. The molecule has 2 fully saturated rings. The van der Waals surface area contributed by atoms with Gasteiger partial charge in [-0.2, -0.15) is 0 Å². The Labute approximate surface area is 191 Å². The number of carboxylic acids is 1. The van der Waals surface area contributed by atoms with Gasteiger partial charge >= 0.3 is 5.97 Å². The van der Waals surface area contributed by atoms with Crippen LogP contribution >= 0.6 is 0 Å². The first-order chi connectivity index (χ1) is 15.9. The molecule has 0 amide bonds. The van der Waals surface area contributed by atoms with Crippen molar-refractivity contribution in [1.29, 1.82) is 0 Å². The number of hydrogen-bond acceptors (Lipinski definition) is 5. The maximum absolute atomic E-state index is 14.1. The molecule has 1 saturated carbocycles. The van der Waals surface area contributed by atoms with Crippen LogP contribution in [0, 0.1) is 0 Å². The summed E-state index contributed by atoms with van der Waals surface area (Å²) in [7, 11) is 1.48. The van der Waals surface area contributed by atoms with E-state index in [-0.39, 0.29) is 24.9 Å². The second-order valence-corrected chi connectivity index (χ2v) is 8.62. The molecule has 0 spiro atoms. The van der Waals surface area contributed by atoms with Crippen LogP contribution in [-0.2, 0) is 32.2 Å². The Kier molecular flexibility index (Phi) is 7.26. The molecule has 2 aromatic carbocycles. The number of ether oxygens (including phenoxy) is 3. The summed E-state index contributed by atoms with van der Waals surface area (Å²) < 4.78 is 44.6. The van der Waals surface area contributed by atoms with E-state index in [1.165, 1.54) is 7.11 Å². The summed E-state index contributed by atoms with van der Waals surface area (Å²) in [4.78, 5) is 12.1. The van der Waals surface area contributed by atoms with E-state index in [0.717, 1.165) is 18.4 Å². The Hall–Kier alpha value is -2.55. The number of methoxy groups -OCH3 is 1. The lowest BCUT2D eigenvalue weighted by atomic mass is 9.89. The fourth-order valence-corrected chi connectivity index (χ4v) is 4.27. The van der Waals surface area contributed by atoms with Crippen molar-refractivity contribution < 1.29 is 32.9 Å². The number of aliphatic carboxylic acids is 1. The van der Waals surface area contributed by atoms with Crippen LogP contribution in [0.3, 0.4) is 0 Å². The van der Waals surface area contributed by atoms with Crippen molar-refractivity contribution in [2.75, 3.05) is 25.6 Å². The maximum Gasteiger partial charge on any atom is 0.329 e. The monoisotopic (exact) mass is 461 g/mol. The molecule has 2 N–H and O–H groups in total. The minimum atomic E-state index is -2.67. The number of alkyl halides is 2. The number of rotatable bonds is 10. The summed E-state index contributed by atoms with van der Waals surface area (Å²) in [6, 6.07) is 10.4. The third-order valence-electron chi connectivity index (χ3n) is 6.25. The van der Waals surface area contributed by atoms with Gasteiger partial charge in [-0.1, -0.05) is 24.3 Å². The van der Waals surface area contributed by atoms with Crippen molar-refractivity contribution in [2.45, 2.75) is 57.0 Å². The third kappa shape index (κ3) is 5.34. The average Bonchev–Trinajstić information content (AvgIpc) is 3.63. The van der Waals surface area contributed by atoms with E-state index in [1.54, 1.807) is 30.3 Å². The minimum Gasteiger partial charge on any atom is -0.480 e. The molecule has 2 aliphatic rings. The van der Waals surface area contributed by atoms with Crippen molar-refractivity contribution in [1.82, 2.24) is 0 Å². The van der Waals surface area contributed by atoms with E-state index in [2.05, 4.69) is 5.32 Å². The molecule has 0 bridgehead atoms. The van der Waals surface area contributed by atoms with E-state index in [1.807, 2.05) is 6.07 Å². The van der Waals surface area contributed by atoms with E-state index < -0.39 is 17.9 Å². The van der Waals surface area contributed by atoms with Crippen molar-refractivity contribution in [3.8, 4) is 11.1 Å². The Morgan fingerprint density at radius 1 is 1.15 bits per heavy atom. The summed E-state index contributed by atoms with van der Waals surface area (Å²) in [5, 5.41) is 13.1. The van der Waals surface area contributed by atoms with Gasteiger partial charge in [0.05, 0.1) is 19.3 Å². The number of halogens is 2. The zero-order valence-electron chi connectivity index (χ0n) is 18.6. The molecule has 0 unspecified atom stereocenters. The first-order valence-electron chi connectivity index (χ1n) is 11.2. The summed E-state index contributed by atoms with van der Waals surface area (Å²) in [5.41, 5.74) is 1.68. The van der Waals surface area contributed by atoms with Crippen LogP contribution in [0.5, 0.6) is 0 Å². The Morgan fingerprint density at radius 3 is 2.55 bits per heavy atom. The zero-order valence-corrected chi connectivity index (χ0v) is 18.6. The predicted octanol–water partition coefficient (Wildman–Crippen LogP) is 5.16. The van der Waals surface area contributed by atoms with Crippen LogP contribution in [0.4, 0.5) is 14.5 Å². The van der Waals surface area contributed by atoms with Gasteiger partial charge in [-0.3, -0.25) is 0 Å². The molecule has 0 atom stereocenters. The average molecular weight is 462 g/mol. The van der Waals surface area contributed by atoms with Crippen molar-refractivity contribution >= 4 is 11.7 Å². The molecule has 1 aliphatic heterocycles. The van der Waals surface area contributed by atoms with Gasteiger partial charge in [0.15, 0.2) is 0 Å². The maximum atomic E-state index is 14.1. The lowest BCUT2D eigenvalue weighted by molar-refractivity contribution is -0.145. The quantitative estimate of drug-likeness (QED) is 0.509. The van der Waals surface area contributed by atoms with Gasteiger partial charge in [0.1, 0.15) is 5.54 Å². The highest BCUT2D eigenvalue weighted by molar-refractivity contribution is 5.83. The van der Waals surface area contributed by atoms with Crippen LogP contribution in [0.15, 0.2) is 36.4 Å². The van der Waals surface area contributed by atoms with Crippen LogP contribution < -0.4 is 5.32 Å². The largest absolute Gasteiger partial charge is 0.480 e. The van der Waals surface area contributed by atoms with Gasteiger partial charge in [-0.25, -0.2) is 13.6 Å². The fourth-order valence-electron chi connectivity index (χ4n) is 4.27. The second kappa shape index (κ2) is 10.2. The molecule has 4 rings (SSSR count). The molecule has 1 aliphatic carbocycles. The second-order valence-electron chi connectivity index (χ2n) is 8.62. The van der Waals surface area contributed by atoms with Gasteiger partial charge in [0.25, 0.3) is 6.43 Å². The predicted molar refractivity (Wildman–Crippen MR) is 119 cm³/mol. The number of carboxylic acid groups (broad SMARTS) is 1. The summed E-state index contributed by atoms with van der Waals surface area (Å²) in [6.45, 7) is 1.07. The van der Waals surface area contributed by atoms with E-state index in [0.29, 0.717) is 48.4 Å². The van der Waals surface area contributed by atoms with E-state index >= 15 is 0 Å². The number of benzene rings is 2. The fraction of sp³-hybridized carbons (Fsp3) is 0.480. The van der Waals surface area contributed by atoms with Crippen molar-refractivity contribution in [3.63, 3.8) is 0 Å². The standard InChI is InChI=1S/C25H29F2NO5/c1-31-14-16-3-2-4-21(22(16)23(26)27)20-8-5-18(13-17(20)15-33-19-6-7-19)28-25(24(29)30)9-11-32-12-10-25/h2-5,8,13,19,23,28H,6-7,9-12,14-15H2,1H3,(H,29,30). The normalized spacial score (nSPS) is 17.8. The van der Waals surface area contributed by atoms with Gasteiger partial charge < -0.3 is 24.6 Å². The zero-order chi connectivity index (χ0) is 23.4. The topological polar surface area (TPSA) is 77.0 Å². The SMILES string of the molecule is COCc1cccc(-c2ccc(NC3(C(=O)O)CCOCC3)cc2COC2CC2)c1C(F)F. The third-order valence-corrected chi connectivity index (χ3v) is 6.25. The van der Waals surface area contributed by atoms with Gasteiger partial charge in [0, 0.05) is 44.4 Å². The highest BCUT2D eigenvalue weighted by Crippen LogP contribution is 2.38. The van der Waals surface area contributed by atoms with Crippen molar-refractivity contribution in [3.05, 3.63) is 53.1 Å². The Bertz CT molecular complexity index is 987. The highest BCUT2D eigenvalue weighted by Gasteiger charge is 2.40. The molecular weight excluding hydrogens is 432 g/mol. The minimum absolute atomic E-state index is 0.0563. The summed E-state index contributed by atoms with van der Waals surface area (Å²) >= 11 is 0. The molecule has 6 nitrogen and oxygen atoms in total. The molecule has 2 aromatic rings. The molecule has 0 aromatic heterocycles. The highest BCUT2D eigenvalue weighted by atomic mass is 19.3. The number of anilines is 1. The molecule has 1 heterocycles.